The number of hydrogen-bond donors (Lipinski definition) is 2. The van der Waals surface area contributed by atoms with Crippen molar-refractivity contribution in [3.05, 3.63) is 28.9 Å². The fraction of sp³-hybridized carbons (Fsp3) is 0.552. The van der Waals surface area contributed by atoms with Gasteiger partial charge in [-0.2, -0.15) is 5.26 Å². The zero-order valence-corrected chi connectivity index (χ0v) is 24.2. The molecule has 3 aliphatic rings. The number of likely N-dealkylation sites (tertiary alicyclic amines) is 1. The molecule has 0 bridgehead atoms. The van der Waals surface area contributed by atoms with Crippen molar-refractivity contribution in [2.24, 2.45) is 23.0 Å². The molecule has 2 aromatic rings. The quantitative estimate of drug-likeness (QED) is 0.501. The van der Waals surface area contributed by atoms with E-state index in [4.69, 9.17) is 31.5 Å². The number of nitrogens with zero attached hydrogens (tertiary/aromatic N) is 3. The van der Waals surface area contributed by atoms with Crippen LogP contribution in [0.2, 0.25) is 5.02 Å². The molecule has 3 fully saturated rings. The highest BCUT2D eigenvalue weighted by molar-refractivity contribution is 6.36. The molecule has 2 aliphatic carbocycles. The highest BCUT2D eigenvalue weighted by atomic mass is 35.5. The van der Waals surface area contributed by atoms with Gasteiger partial charge in [-0.1, -0.05) is 32.4 Å². The van der Waals surface area contributed by atoms with Crippen molar-refractivity contribution in [2.75, 3.05) is 13.7 Å². The van der Waals surface area contributed by atoms with Crippen molar-refractivity contribution in [1.29, 1.82) is 5.26 Å². The van der Waals surface area contributed by atoms with Crippen LogP contribution in [0.4, 0.5) is 4.79 Å². The molecule has 1 saturated heterocycles. The van der Waals surface area contributed by atoms with E-state index in [1.165, 1.54) is 24.5 Å². The number of fused-ring (bicyclic) bond motifs is 2. The first-order valence-electron chi connectivity index (χ1n) is 13.7. The lowest BCUT2D eigenvalue weighted by atomic mass is 9.85. The number of nitrogens with two attached hydrogens (primary N) is 1. The Morgan fingerprint density at radius 1 is 1.15 bits per heavy atom. The third-order valence-corrected chi connectivity index (χ3v) is 8.56. The monoisotopic (exact) mass is 583 g/mol. The Balaban J connectivity index is 1.36. The van der Waals surface area contributed by atoms with Gasteiger partial charge in [0.25, 0.3) is 0 Å². The van der Waals surface area contributed by atoms with Gasteiger partial charge in [0.05, 0.1) is 19.2 Å². The molecule has 0 radical (unpaired) electrons. The van der Waals surface area contributed by atoms with Crippen molar-refractivity contribution >= 4 is 40.4 Å². The highest BCUT2D eigenvalue weighted by Gasteiger charge is 2.48. The molecular weight excluding hydrogens is 550 g/mol. The standard InChI is InChI=1S/C29H34ClN5O6/c1-29(2,3)25(34-28(38)41-17-8-14-7-15(14)9-17)27(37)35-13-18(11-20(35)26(32)36)40-22-10-16(12-31)33-24-19(22)5-6-21(39-4)23(24)30/h5-6,10,14-15,17-18,20,25H,7-9,11,13H2,1-4H3,(H2,32,36)(H,34,38)/t14-,15+,17?,18?,20-,25+/m0/s1. The van der Waals surface area contributed by atoms with E-state index in [-0.39, 0.29) is 29.8 Å². The van der Waals surface area contributed by atoms with Gasteiger partial charge in [0.15, 0.2) is 0 Å². The molecule has 2 heterocycles. The first-order valence-corrected chi connectivity index (χ1v) is 14.1. The van der Waals surface area contributed by atoms with Gasteiger partial charge in [-0.05, 0) is 48.6 Å². The number of primary amides is 1. The second-order valence-electron chi connectivity index (χ2n) is 12.2. The number of rotatable bonds is 7. The van der Waals surface area contributed by atoms with Gasteiger partial charge in [-0.3, -0.25) is 9.59 Å². The molecule has 6 atom stereocenters. The maximum absolute atomic E-state index is 13.9. The number of aromatic nitrogens is 1. The molecule has 0 spiro atoms. The van der Waals surface area contributed by atoms with E-state index in [2.05, 4.69) is 10.3 Å². The van der Waals surface area contributed by atoms with E-state index < -0.39 is 41.5 Å². The fourth-order valence-electron chi connectivity index (χ4n) is 5.97. The number of halogens is 1. The average molecular weight is 584 g/mol. The zero-order valence-electron chi connectivity index (χ0n) is 23.5. The first-order chi connectivity index (χ1) is 19.4. The number of ether oxygens (including phenoxy) is 3. The second-order valence-corrected chi connectivity index (χ2v) is 12.6. The number of pyridine rings is 1. The van der Waals surface area contributed by atoms with Gasteiger partial charge >= 0.3 is 6.09 Å². The fourth-order valence-corrected chi connectivity index (χ4v) is 6.25. The Morgan fingerprint density at radius 3 is 2.46 bits per heavy atom. The lowest BCUT2D eigenvalue weighted by Crippen LogP contribution is -2.57. The summed E-state index contributed by atoms with van der Waals surface area (Å²) in [5, 5.41) is 13.1. The number of nitriles is 1. The zero-order chi connectivity index (χ0) is 29.6. The van der Waals surface area contributed by atoms with Crippen LogP contribution in [0.3, 0.4) is 0 Å². The number of amides is 3. The second kappa shape index (κ2) is 10.9. The van der Waals surface area contributed by atoms with Crippen molar-refractivity contribution in [3.63, 3.8) is 0 Å². The molecule has 41 heavy (non-hydrogen) atoms. The van der Waals surface area contributed by atoms with Crippen molar-refractivity contribution < 1.29 is 28.6 Å². The Bertz CT molecular complexity index is 1430. The minimum atomic E-state index is -0.968. The molecular formula is C29H34ClN5O6. The van der Waals surface area contributed by atoms with Gasteiger partial charge in [-0.25, -0.2) is 9.78 Å². The lowest BCUT2D eigenvalue weighted by Gasteiger charge is -2.35. The summed E-state index contributed by atoms with van der Waals surface area (Å²) in [6.07, 6.45) is 1.62. The minimum Gasteiger partial charge on any atom is -0.495 e. The molecule has 12 heteroatoms. The Labute approximate surface area is 243 Å². The minimum absolute atomic E-state index is 0.0390. The van der Waals surface area contributed by atoms with Gasteiger partial charge in [0.1, 0.15) is 52.6 Å². The van der Waals surface area contributed by atoms with E-state index >= 15 is 0 Å². The predicted molar refractivity (Wildman–Crippen MR) is 149 cm³/mol. The topological polar surface area (TPSA) is 157 Å². The SMILES string of the molecule is COc1ccc2c(OC3C[C@@H](C(N)=O)N(C(=O)[C@@H](NC(=O)OC4C[C@@H]5C[C@@H]5C4)C(C)(C)C)C3)cc(C#N)nc2c1Cl. The van der Waals surface area contributed by atoms with E-state index in [1.807, 2.05) is 26.8 Å². The van der Waals surface area contributed by atoms with Crippen LogP contribution in [0.15, 0.2) is 18.2 Å². The van der Waals surface area contributed by atoms with Gasteiger partial charge in [0.2, 0.25) is 11.8 Å². The molecule has 11 nitrogen and oxygen atoms in total. The van der Waals surface area contributed by atoms with Crippen LogP contribution in [0, 0.1) is 28.6 Å². The summed E-state index contributed by atoms with van der Waals surface area (Å²) >= 11 is 6.46. The number of hydrogen-bond acceptors (Lipinski definition) is 8. The van der Waals surface area contributed by atoms with Crippen LogP contribution in [0.5, 0.6) is 11.5 Å². The summed E-state index contributed by atoms with van der Waals surface area (Å²) in [7, 11) is 1.48. The maximum Gasteiger partial charge on any atom is 0.408 e. The van der Waals surface area contributed by atoms with Crippen LogP contribution in [0.1, 0.15) is 52.1 Å². The number of alkyl carbamates (subject to hydrolysis) is 1. The number of carbonyl (C=O) groups excluding carboxylic acids is 3. The molecule has 3 amide bonds. The van der Waals surface area contributed by atoms with Crippen LogP contribution < -0.4 is 20.5 Å². The third-order valence-electron chi connectivity index (χ3n) is 8.20. The van der Waals surface area contributed by atoms with E-state index in [1.54, 1.807) is 12.1 Å². The average Bonchev–Trinajstić information content (AvgIpc) is 3.30. The highest BCUT2D eigenvalue weighted by Crippen LogP contribution is 2.52. The molecule has 218 valence electrons. The van der Waals surface area contributed by atoms with Crippen LogP contribution >= 0.6 is 11.6 Å². The summed E-state index contributed by atoms with van der Waals surface area (Å²) in [5.74, 6) is 0.861. The van der Waals surface area contributed by atoms with Crippen molar-refractivity contribution in [2.45, 2.75) is 70.7 Å². The molecule has 5 rings (SSSR count). The lowest BCUT2D eigenvalue weighted by molar-refractivity contribution is -0.141. The van der Waals surface area contributed by atoms with Crippen molar-refractivity contribution in [3.8, 4) is 17.6 Å². The van der Waals surface area contributed by atoms with E-state index in [0.717, 1.165) is 12.8 Å². The Hall–Kier alpha value is -3.78. The largest absolute Gasteiger partial charge is 0.495 e. The third kappa shape index (κ3) is 5.84. The van der Waals surface area contributed by atoms with Gasteiger partial charge in [0, 0.05) is 17.9 Å². The Kier molecular flexibility index (Phi) is 7.64. The molecule has 1 aromatic carbocycles. The van der Waals surface area contributed by atoms with E-state index in [0.29, 0.717) is 34.2 Å². The summed E-state index contributed by atoms with van der Waals surface area (Å²) in [6, 6.07) is 4.94. The normalized spacial score (nSPS) is 25.7. The first kappa shape index (κ1) is 28.7. The number of nitrogens with one attached hydrogen (secondary N) is 1. The predicted octanol–water partition coefficient (Wildman–Crippen LogP) is 3.54. The number of benzene rings is 1. The van der Waals surface area contributed by atoms with Crippen LogP contribution in [0.25, 0.3) is 10.9 Å². The molecule has 3 N–H and O–H groups in total. The van der Waals surface area contributed by atoms with E-state index in [9.17, 15) is 19.6 Å². The number of methoxy groups -OCH3 is 1. The summed E-state index contributed by atoms with van der Waals surface area (Å²) < 4.78 is 17.2. The summed E-state index contributed by atoms with van der Waals surface area (Å²) in [6.45, 7) is 5.52. The van der Waals surface area contributed by atoms with Gasteiger partial charge < -0.3 is 30.2 Å². The Morgan fingerprint density at radius 2 is 1.85 bits per heavy atom. The van der Waals surface area contributed by atoms with Crippen molar-refractivity contribution in [1.82, 2.24) is 15.2 Å². The van der Waals surface area contributed by atoms with Crippen LogP contribution in [-0.4, -0.2) is 65.7 Å². The maximum atomic E-state index is 13.9. The summed E-state index contributed by atoms with van der Waals surface area (Å²) in [4.78, 5) is 44.8. The van der Waals surface area contributed by atoms with Crippen LogP contribution in [-0.2, 0) is 14.3 Å². The smallest absolute Gasteiger partial charge is 0.408 e. The molecule has 2 unspecified atom stereocenters. The molecule has 1 aromatic heterocycles. The van der Waals surface area contributed by atoms with Gasteiger partial charge in [-0.15, -0.1) is 0 Å². The number of carbonyl (C=O) groups is 3. The molecule has 2 saturated carbocycles. The molecule has 1 aliphatic heterocycles. The summed E-state index contributed by atoms with van der Waals surface area (Å²) in [5.41, 5.74) is 5.44.